The number of para-hydroxylation sites is 4. The van der Waals surface area contributed by atoms with E-state index in [1.807, 2.05) is 6.08 Å². The van der Waals surface area contributed by atoms with Crippen LogP contribution in [0.2, 0.25) is 0 Å². The zero-order valence-electron chi connectivity index (χ0n) is 45.0. The third-order valence-corrected chi connectivity index (χ3v) is 18.4. The van der Waals surface area contributed by atoms with Crippen molar-refractivity contribution >= 4 is 38.9 Å². The Balaban J connectivity index is 0.964. The molecule has 17 rings (SSSR count). The maximum atomic E-state index is 4.19. The van der Waals surface area contributed by atoms with Gasteiger partial charge in [0.05, 0.1) is 44.6 Å². The van der Waals surface area contributed by atoms with E-state index in [1.54, 1.807) is 0 Å². The Morgan fingerprint density at radius 1 is 0.354 bits per heavy atom. The molecule has 0 saturated heterocycles. The molecule has 2 heterocycles. The Bertz CT molecular complexity index is 4850. The SMILES string of the molecule is C=C/C=C\C=C(\c1ccc2c(c1)C1(c3ccccc3-2)c2ccccc2-n2c3ccccc3c3cccc1c32)N(c1ccccc1-c1ccc(-c2ccccc2)cc1)c1cccc2c1-c1ccccc1C21c2ccccc2-c2ccccc21. The van der Waals surface area contributed by atoms with Crippen LogP contribution in [0.25, 0.3) is 88.8 Å². The van der Waals surface area contributed by atoms with Gasteiger partial charge < -0.3 is 9.47 Å². The van der Waals surface area contributed by atoms with Gasteiger partial charge >= 0.3 is 0 Å². The average Bonchev–Trinajstić information content (AvgIpc) is 1.71. The fourth-order valence-corrected chi connectivity index (χ4v) is 15.3. The second-order valence-electron chi connectivity index (χ2n) is 22.2. The molecule has 1 unspecified atom stereocenters. The van der Waals surface area contributed by atoms with Gasteiger partial charge in [-0.2, -0.15) is 0 Å². The topological polar surface area (TPSA) is 8.17 Å². The summed E-state index contributed by atoms with van der Waals surface area (Å²) in [4.78, 5) is 2.58. The first-order valence-electron chi connectivity index (χ1n) is 28.5. The van der Waals surface area contributed by atoms with Crippen molar-refractivity contribution in [2.45, 2.75) is 10.8 Å². The summed E-state index contributed by atoms with van der Waals surface area (Å²) in [6.07, 6.45) is 8.42. The Hall–Kier alpha value is -10.5. The van der Waals surface area contributed by atoms with Crippen LogP contribution in [0.3, 0.4) is 0 Å². The number of anilines is 2. The summed E-state index contributed by atoms with van der Waals surface area (Å²) in [5.74, 6) is 0. The van der Waals surface area contributed by atoms with Crippen LogP contribution in [0.4, 0.5) is 11.4 Å². The van der Waals surface area contributed by atoms with Gasteiger partial charge in [0.25, 0.3) is 0 Å². The lowest BCUT2D eigenvalue weighted by molar-refractivity contribution is 0.748. The molecule has 1 aliphatic heterocycles. The molecule has 2 spiro atoms. The molecule has 2 heteroatoms. The lowest BCUT2D eigenvalue weighted by Crippen LogP contribution is -2.33. The highest BCUT2D eigenvalue weighted by atomic mass is 15.2. The molecule has 0 bridgehead atoms. The van der Waals surface area contributed by atoms with Gasteiger partial charge in [-0.15, -0.1) is 0 Å². The number of aromatic nitrogens is 1. The van der Waals surface area contributed by atoms with Crippen LogP contribution in [0, 0.1) is 0 Å². The minimum Gasteiger partial charge on any atom is -0.309 e. The van der Waals surface area contributed by atoms with Gasteiger partial charge in [-0.1, -0.05) is 274 Å². The van der Waals surface area contributed by atoms with Crippen LogP contribution >= 0.6 is 0 Å². The molecule has 2 nitrogen and oxygen atoms in total. The highest BCUT2D eigenvalue weighted by Crippen LogP contribution is 2.66. The van der Waals surface area contributed by atoms with Crippen molar-refractivity contribution in [1.29, 1.82) is 0 Å². The van der Waals surface area contributed by atoms with E-state index in [4.69, 9.17) is 0 Å². The lowest BCUT2D eigenvalue weighted by atomic mass is 9.65. The molecule has 0 N–H and O–H groups in total. The molecule has 0 radical (unpaired) electrons. The van der Waals surface area contributed by atoms with Crippen molar-refractivity contribution in [3.8, 4) is 61.3 Å². The molecular formula is C80H52N2. The van der Waals surface area contributed by atoms with E-state index in [0.717, 1.165) is 33.8 Å². The average molecular weight is 1040 g/mol. The summed E-state index contributed by atoms with van der Waals surface area (Å²) in [5, 5.41) is 2.53. The Morgan fingerprint density at radius 2 is 0.854 bits per heavy atom. The lowest BCUT2D eigenvalue weighted by Gasteiger charge is -2.40. The maximum absolute atomic E-state index is 4.19. The van der Waals surface area contributed by atoms with Crippen LogP contribution < -0.4 is 4.90 Å². The first kappa shape index (κ1) is 46.4. The summed E-state index contributed by atoms with van der Waals surface area (Å²) in [6.45, 7) is 4.19. The first-order chi connectivity index (χ1) is 40.7. The number of allylic oxidation sites excluding steroid dienone is 4. The Labute approximate surface area is 477 Å². The fourth-order valence-electron chi connectivity index (χ4n) is 15.3. The van der Waals surface area contributed by atoms with Crippen molar-refractivity contribution < 1.29 is 0 Å². The third kappa shape index (κ3) is 6.13. The molecule has 1 aromatic heterocycles. The second-order valence-corrected chi connectivity index (χ2v) is 22.2. The van der Waals surface area contributed by atoms with Crippen LogP contribution in [0.5, 0.6) is 0 Å². The highest BCUT2D eigenvalue weighted by Gasteiger charge is 2.54. The van der Waals surface area contributed by atoms with Gasteiger partial charge in [-0.05, 0) is 131 Å². The van der Waals surface area contributed by atoms with Crippen LogP contribution in [-0.2, 0) is 10.8 Å². The maximum Gasteiger partial charge on any atom is 0.0754 e. The zero-order chi connectivity index (χ0) is 54.1. The van der Waals surface area contributed by atoms with Crippen molar-refractivity contribution in [2.24, 2.45) is 0 Å². The largest absolute Gasteiger partial charge is 0.309 e. The second kappa shape index (κ2) is 17.7. The Morgan fingerprint density at radius 3 is 1.57 bits per heavy atom. The van der Waals surface area contributed by atoms with Crippen LogP contribution in [0.15, 0.2) is 310 Å². The van der Waals surface area contributed by atoms with E-state index in [0.29, 0.717) is 0 Å². The van der Waals surface area contributed by atoms with E-state index in [-0.39, 0.29) is 0 Å². The number of hydrogen-bond donors (Lipinski definition) is 0. The number of hydrogen-bond acceptors (Lipinski definition) is 1. The van der Waals surface area contributed by atoms with Crippen molar-refractivity contribution in [2.75, 3.05) is 4.90 Å². The molecule has 0 amide bonds. The molecule has 13 aromatic rings. The van der Waals surface area contributed by atoms with Gasteiger partial charge in [0.2, 0.25) is 0 Å². The number of fused-ring (bicyclic) bond motifs is 22. The molecule has 1 atom stereocenters. The molecule has 12 aromatic carbocycles. The van der Waals surface area contributed by atoms with Crippen molar-refractivity contribution in [3.05, 3.63) is 360 Å². The molecule has 82 heavy (non-hydrogen) atoms. The van der Waals surface area contributed by atoms with E-state index in [1.165, 1.54) is 117 Å². The molecule has 3 aliphatic carbocycles. The molecule has 0 fully saturated rings. The number of nitrogens with zero attached hydrogens (tertiary/aromatic N) is 2. The summed E-state index contributed by atoms with van der Waals surface area (Å²) in [5.41, 5.74) is 29.4. The summed E-state index contributed by atoms with van der Waals surface area (Å²) in [6, 6.07) is 105. The standard InChI is InChI=1S/C80H52N2/c1-2-3-5-40-72(55-49-50-60-59-29-10-16-35-66(59)80(71(60)51-55)68-37-18-21-43-75(68)82-74-42-20-13-30-61(74)62-32-22-39-70(80)78(62)82)81(73-41-19-12-26-56(73)54-47-45-53(46-48-54)52-24-6-4-7-25-52)76-44-23-38-69-77(76)63-31-11-17-36-67(63)79(69)64-33-14-8-27-57(64)58-28-9-15-34-65(58)79/h2-51H,1H2/b5-3-,72-40-. The number of benzene rings is 12. The smallest absolute Gasteiger partial charge is 0.0754 e. The summed E-state index contributed by atoms with van der Waals surface area (Å²) >= 11 is 0. The van der Waals surface area contributed by atoms with E-state index in [9.17, 15) is 0 Å². The van der Waals surface area contributed by atoms with Gasteiger partial charge in [-0.25, -0.2) is 0 Å². The molecule has 0 saturated carbocycles. The Kier molecular flexibility index (Phi) is 10.0. The predicted molar refractivity (Wildman–Crippen MR) is 341 cm³/mol. The third-order valence-electron chi connectivity index (χ3n) is 18.4. The van der Waals surface area contributed by atoms with Gasteiger partial charge in [-0.3, -0.25) is 0 Å². The summed E-state index contributed by atoms with van der Waals surface area (Å²) in [7, 11) is 0. The molecule has 382 valence electrons. The zero-order valence-corrected chi connectivity index (χ0v) is 45.0. The first-order valence-corrected chi connectivity index (χ1v) is 28.5. The van der Waals surface area contributed by atoms with Crippen LogP contribution in [0.1, 0.15) is 50.1 Å². The predicted octanol–water partition coefficient (Wildman–Crippen LogP) is 20.1. The quantitative estimate of drug-likeness (QED) is 0.138. The fraction of sp³-hybridized carbons (Fsp3) is 0.0250. The normalized spacial score (nSPS) is 15.3. The van der Waals surface area contributed by atoms with E-state index in [2.05, 4.69) is 313 Å². The van der Waals surface area contributed by atoms with Gasteiger partial charge in [0.15, 0.2) is 0 Å². The van der Waals surface area contributed by atoms with Crippen LogP contribution in [-0.4, -0.2) is 4.57 Å². The van der Waals surface area contributed by atoms with Crippen molar-refractivity contribution in [3.63, 3.8) is 0 Å². The monoisotopic (exact) mass is 1040 g/mol. The van der Waals surface area contributed by atoms with Gasteiger partial charge in [0.1, 0.15) is 0 Å². The molecular weight excluding hydrogens is 989 g/mol. The van der Waals surface area contributed by atoms with E-state index < -0.39 is 10.8 Å². The summed E-state index contributed by atoms with van der Waals surface area (Å²) < 4.78 is 2.53. The van der Waals surface area contributed by atoms with Crippen molar-refractivity contribution in [1.82, 2.24) is 4.57 Å². The number of rotatable bonds is 8. The minimum absolute atomic E-state index is 0.538. The minimum atomic E-state index is -0.643. The highest BCUT2D eigenvalue weighted by molar-refractivity contribution is 6.13. The van der Waals surface area contributed by atoms with E-state index >= 15 is 0 Å². The van der Waals surface area contributed by atoms with Gasteiger partial charge in [0, 0.05) is 21.9 Å². The molecule has 4 aliphatic rings.